The van der Waals surface area contributed by atoms with Crippen molar-refractivity contribution in [1.82, 2.24) is 19.3 Å². The number of alkyl halides is 1. The number of para-hydroxylation sites is 2. The van der Waals surface area contributed by atoms with Crippen molar-refractivity contribution in [3.8, 4) is 0 Å². The summed E-state index contributed by atoms with van der Waals surface area (Å²) >= 11 is 5.99. The zero-order chi connectivity index (χ0) is 13.2. The first-order valence-corrected chi connectivity index (χ1v) is 6.80. The Morgan fingerprint density at radius 1 is 1.21 bits per heavy atom. The van der Waals surface area contributed by atoms with Crippen molar-refractivity contribution in [3.05, 3.63) is 48.0 Å². The molecule has 19 heavy (non-hydrogen) atoms. The summed E-state index contributed by atoms with van der Waals surface area (Å²) in [5, 5.41) is 4.40. The van der Waals surface area contributed by atoms with Gasteiger partial charge in [-0.25, -0.2) is 4.98 Å². The number of aromatic nitrogens is 4. The Bertz CT molecular complexity index is 698. The van der Waals surface area contributed by atoms with E-state index in [1.54, 1.807) is 0 Å². The topological polar surface area (TPSA) is 35.6 Å². The molecule has 2 aromatic heterocycles. The predicted molar refractivity (Wildman–Crippen MR) is 76.2 cm³/mol. The SMILES string of the molecule is Cn1ccc(CCn2c(CCl)nc3ccccc32)n1. The average molecular weight is 275 g/mol. The number of hydrogen-bond donors (Lipinski definition) is 0. The number of benzene rings is 1. The molecule has 0 aliphatic rings. The third-order valence-corrected chi connectivity index (χ3v) is 3.45. The fourth-order valence-electron chi connectivity index (χ4n) is 2.30. The van der Waals surface area contributed by atoms with Crippen LogP contribution < -0.4 is 0 Å². The third-order valence-electron chi connectivity index (χ3n) is 3.21. The van der Waals surface area contributed by atoms with Crippen molar-refractivity contribution in [1.29, 1.82) is 0 Å². The molecule has 0 saturated carbocycles. The molecule has 3 aromatic rings. The molecular formula is C14H15ClN4. The van der Waals surface area contributed by atoms with E-state index in [9.17, 15) is 0 Å². The molecule has 0 amide bonds. The first kappa shape index (κ1) is 12.2. The summed E-state index contributed by atoms with van der Waals surface area (Å²) in [6.45, 7) is 0.847. The molecule has 0 fully saturated rings. The molecule has 4 nitrogen and oxygen atoms in total. The van der Waals surface area contributed by atoms with Crippen LogP contribution in [0.2, 0.25) is 0 Å². The molecule has 0 radical (unpaired) electrons. The van der Waals surface area contributed by atoms with Crippen molar-refractivity contribution in [2.45, 2.75) is 18.8 Å². The van der Waals surface area contributed by atoms with Gasteiger partial charge in [-0.15, -0.1) is 11.6 Å². The highest BCUT2D eigenvalue weighted by atomic mass is 35.5. The molecule has 0 spiro atoms. The normalized spacial score (nSPS) is 11.3. The largest absolute Gasteiger partial charge is 0.327 e. The van der Waals surface area contributed by atoms with Crippen molar-refractivity contribution < 1.29 is 0 Å². The van der Waals surface area contributed by atoms with E-state index in [0.29, 0.717) is 5.88 Å². The minimum Gasteiger partial charge on any atom is -0.327 e. The lowest BCUT2D eigenvalue weighted by molar-refractivity contribution is 0.660. The van der Waals surface area contributed by atoms with Crippen molar-refractivity contribution >= 4 is 22.6 Å². The Morgan fingerprint density at radius 2 is 2.05 bits per heavy atom. The Labute approximate surface area is 116 Å². The summed E-state index contributed by atoms with van der Waals surface area (Å²) in [5.74, 6) is 1.34. The van der Waals surface area contributed by atoms with E-state index in [0.717, 1.165) is 35.5 Å². The van der Waals surface area contributed by atoms with Crippen LogP contribution in [-0.4, -0.2) is 19.3 Å². The van der Waals surface area contributed by atoms with Crippen molar-refractivity contribution in [2.75, 3.05) is 0 Å². The van der Waals surface area contributed by atoms with Crippen molar-refractivity contribution in [3.63, 3.8) is 0 Å². The second-order valence-corrected chi connectivity index (χ2v) is 4.80. The summed E-state index contributed by atoms with van der Waals surface area (Å²) < 4.78 is 4.00. The molecule has 0 aliphatic heterocycles. The maximum absolute atomic E-state index is 5.99. The smallest absolute Gasteiger partial charge is 0.124 e. The summed E-state index contributed by atoms with van der Waals surface area (Å²) in [5.41, 5.74) is 3.22. The lowest BCUT2D eigenvalue weighted by Crippen LogP contribution is -2.05. The van der Waals surface area contributed by atoms with Gasteiger partial charge in [-0.3, -0.25) is 4.68 Å². The molecule has 5 heteroatoms. The second kappa shape index (κ2) is 5.05. The van der Waals surface area contributed by atoms with Gasteiger partial charge in [-0.05, 0) is 18.2 Å². The number of imidazole rings is 1. The number of fused-ring (bicyclic) bond motifs is 1. The first-order chi connectivity index (χ1) is 9.28. The fraction of sp³-hybridized carbons (Fsp3) is 0.286. The van der Waals surface area contributed by atoms with E-state index in [4.69, 9.17) is 11.6 Å². The first-order valence-electron chi connectivity index (χ1n) is 6.26. The number of aryl methyl sites for hydroxylation is 3. The van der Waals surface area contributed by atoms with Crippen molar-refractivity contribution in [2.24, 2.45) is 7.05 Å². The van der Waals surface area contributed by atoms with Crippen LogP contribution in [-0.2, 0) is 25.9 Å². The van der Waals surface area contributed by atoms with E-state index in [1.165, 1.54) is 0 Å². The van der Waals surface area contributed by atoms with Gasteiger partial charge in [0.05, 0.1) is 22.6 Å². The maximum Gasteiger partial charge on any atom is 0.124 e. The monoisotopic (exact) mass is 274 g/mol. The van der Waals surface area contributed by atoms with Crippen LogP contribution >= 0.6 is 11.6 Å². The Hall–Kier alpha value is -1.81. The second-order valence-electron chi connectivity index (χ2n) is 4.53. The van der Waals surface area contributed by atoms with Crippen LogP contribution in [0.5, 0.6) is 0 Å². The summed E-state index contributed by atoms with van der Waals surface area (Å²) in [6.07, 6.45) is 2.84. The van der Waals surface area contributed by atoms with Crippen LogP contribution in [0.3, 0.4) is 0 Å². The fourth-order valence-corrected chi connectivity index (χ4v) is 2.50. The van der Waals surface area contributed by atoms with E-state index in [-0.39, 0.29) is 0 Å². The third kappa shape index (κ3) is 2.36. The quantitative estimate of drug-likeness (QED) is 0.686. The number of halogens is 1. The lowest BCUT2D eigenvalue weighted by atomic mass is 10.3. The minimum atomic E-state index is 0.427. The van der Waals surface area contributed by atoms with Crippen LogP contribution in [0.25, 0.3) is 11.0 Å². The summed E-state index contributed by atoms with van der Waals surface area (Å²) in [6, 6.07) is 10.2. The number of nitrogens with zero attached hydrogens (tertiary/aromatic N) is 4. The molecule has 0 unspecified atom stereocenters. The molecule has 0 N–H and O–H groups in total. The summed E-state index contributed by atoms with van der Waals surface area (Å²) in [4.78, 5) is 4.55. The number of hydrogen-bond acceptors (Lipinski definition) is 2. The van der Waals surface area contributed by atoms with Gasteiger partial charge in [0.1, 0.15) is 5.82 Å². The zero-order valence-electron chi connectivity index (χ0n) is 10.8. The Kier molecular flexibility index (Phi) is 3.25. The lowest BCUT2D eigenvalue weighted by Gasteiger charge is -2.06. The van der Waals surface area contributed by atoms with Crippen LogP contribution in [0.15, 0.2) is 36.5 Å². The molecule has 0 bridgehead atoms. The average Bonchev–Trinajstić information content (AvgIpc) is 2.99. The highest BCUT2D eigenvalue weighted by Gasteiger charge is 2.09. The molecule has 1 aromatic carbocycles. The molecule has 3 rings (SSSR count). The van der Waals surface area contributed by atoms with E-state index < -0.39 is 0 Å². The predicted octanol–water partition coefficient (Wildman–Crippen LogP) is 2.75. The minimum absolute atomic E-state index is 0.427. The van der Waals surface area contributed by atoms with Gasteiger partial charge in [-0.2, -0.15) is 5.10 Å². The molecule has 0 atom stereocenters. The van der Waals surface area contributed by atoms with Crippen LogP contribution in [0, 0.1) is 0 Å². The highest BCUT2D eigenvalue weighted by molar-refractivity contribution is 6.16. The standard InChI is InChI=1S/C14H15ClN4/c1-18-8-6-11(17-18)7-9-19-13-5-3-2-4-12(13)16-14(19)10-15/h2-6,8H,7,9-10H2,1H3. The van der Waals surface area contributed by atoms with Gasteiger partial charge in [0, 0.05) is 26.2 Å². The molecule has 0 saturated heterocycles. The molecule has 0 aliphatic carbocycles. The Balaban J connectivity index is 1.90. The van der Waals surface area contributed by atoms with E-state index in [1.807, 2.05) is 42.2 Å². The van der Waals surface area contributed by atoms with Gasteiger partial charge >= 0.3 is 0 Å². The molecule has 2 heterocycles. The van der Waals surface area contributed by atoms with Gasteiger partial charge in [-0.1, -0.05) is 12.1 Å². The van der Waals surface area contributed by atoms with E-state index >= 15 is 0 Å². The van der Waals surface area contributed by atoms with E-state index in [2.05, 4.69) is 20.7 Å². The molecule has 98 valence electrons. The highest BCUT2D eigenvalue weighted by Crippen LogP contribution is 2.17. The zero-order valence-corrected chi connectivity index (χ0v) is 11.5. The summed E-state index contributed by atoms with van der Waals surface area (Å²) in [7, 11) is 1.93. The van der Waals surface area contributed by atoms with Gasteiger partial charge in [0.15, 0.2) is 0 Å². The number of rotatable bonds is 4. The maximum atomic E-state index is 5.99. The van der Waals surface area contributed by atoms with Gasteiger partial charge < -0.3 is 4.57 Å². The van der Waals surface area contributed by atoms with Gasteiger partial charge in [0.2, 0.25) is 0 Å². The Morgan fingerprint density at radius 3 is 2.79 bits per heavy atom. The van der Waals surface area contributed by atoms with Crippen LogP contribution in [0.4, 0.5) is 0 Å². The van der Waals surface area contributed by atoms with Gasteiger partial charge in [0.25, 0.3) is 0 Å². The van der Waals surface area contributed by atoms with Crippen LogP contribution in [0.1, 0.15) is 11.5 Å². The molecular weight excluding hydrogens is 260 g/mol.